The van der Waals surface area contributed by atoms with E-state index in [-0.39, 0.29) is 0 Å². The smallest absolute Gasteiger partial charge is 0.203 e. The molecule has 112 valence electrons. The van der Waals surface area contributed by atoms with E-state index in [1.54, 1.807) is 27.5 Å². The third-order valence-electron chi connectivity index (χ3n) is 2.92. The van der Waals surface area contributed by atoms with E-state index < -0.39 is 0 Å². The summed E-state index contributed by atoms with van der Waals surface area (Å²) in [6, 6.07) is 5.75. The Kier molecular flexibility index (Phi) is 5.27. The van der Waals surface area contributed by atoms with Gasteiger partial charge in [-0.3, -0.25) is 4.98 Å². The molecule has 5 nitrogen and oxygen atoms in total. The monoisotopic (exact) mass is 352 g/mol. The Bertz CT molecular complexity index is 595. The van der Waals surface area contributed by atoms with Gasteiger partial charge in [0.15, 0.2) is 11.5 Å². The van der Waals surface area contributed by atoms with Crippen molar-refractivity contribution in [3.8, 4) is 17.2 Å². The van der Waals surface area contributed by atoms with Gasteiger partial charge in [-0.25, -0.2) is 0 Å². The van der Waals surface area contributed by atoms with E-state index in [1.807, 2.05) is 24.4 Å². The van der Waals surface area contributed by atoms with E-state index in [2.05, 4.69) is 26.2 Å². The van der Waals surface area contributed by atoms with Gasteiger partial charge in [0.1, 0.15) is 0 Å². The number of pyridine rings is 1. The van der Waals surface area contributed by atoms with E-state index in [4.69, 9.17) is 14.2 Å². The first-order chi connectivity index (χ1) is 10.2. The molecule has 0 aliphatic heterocycles. The fourth-order valence-electron chi connectivity index (χ4n) is 1.94. The fourth-order valence-corrected chi connectivity index (χ4v) is 2.35. The maximum atomic E-state index is 5.33. The fraction of sp³-hybridized carbons (Fsp3) is 0.267. The van der Waals surface area contributed by atoms with E-state index in [0.717, 1.165) is 15.7 Å². The maximum absolute atomic E-state index is 5.33. The summed E-state index contributed by atoms with van der Waals surface area (Å²) in [6.07, 6.45) is 3.57. The summed E-state index contributed by atoms with van der Waals surface area (Å²) < 4.78 is 16.9. The van der Waals surface area contributed by atoms with Crippen LogP contribution in [0.25, 0.3) is 0 Å². The lowest BCUT2D eigenvalue weighted by Crippen LogP contribution is -2.02. The highest BCUT2D eigenvalue weighted by atomic mass is 79.9. The molecule has 2 rings (SSSR count). The van der Waals surface area contributed by atoms with Gasteiger partial charge in [-0.1, -0.05) is 0 Å². The van der Waals surface area contributed by atoms with Crippen LogP contribution in [0.4, 0.5) is 5.69 Å². The predicted octanol–water partition coefficient (Wildman–Crippen LogP) is 3.48. The van der Waals surface area contributed by atoms with Crippen LogP contribution < -0.4 is 19.5 Å². The zero-order valence-corrected chi connectivity index (χ0v) is 13.7. The third kappa shape index (κ3) is 3.78. The number of methoxy groups -OCH3 is 3. The van der Waals surface area contributed by atoms with Crippen LogP contribution in [0, 0.1) is 0 Å². The number of hydrogen-bond donors (Lipinski definition) is 1. The van der Waals surface area contributed by atoms with Gasteiger partial charge in [-0.05, 0) is 27.6 Å². The van der Waals surface area contributed by atoms with Gasteiger partial charge in [0, 0.05) is 41.2 Å². The lowest BCUT2D eigenvalue weighted by atomic mass is 10.2. The second kappa shape index (κ2) is 7.17. The number of hydrogen-bond acceptors (Lipinski definition) is 5. The first-order valence-electron chi connectivity index (χ1n) is 6.31. The van der Waals surface area contributed by atoms with Crippen molar-refractivity contribution in [3.05, 3.63) is 40.6 Å². The number of ether oxygens (including phenoxy) is 3. The molecule has 2 aromatic rings. The largest absolute Gasteiger partial charge is 0.493 e. The third-order valence-corrected chi connectivity index (χ3v) is 3.36. The van der Waals surface area contributed by atoms with Gasteiger partial charge in [-0.2, -0.15) is 0 Å². The molecule has 0 aliphatic carbocycles. The molecule has 0 unspecified atom stereocenters. The molecule has 0 bridgehead atoms. The SMILES string of the molecule is COc1cc(NCc2cncc(Br)c2)cc(OC)c1OC. The molecule has 0 spiro atoms. The minimum Gasteiger partial charge on any atom is -0.493 e. The molecule has 0 saturated carbocycles. The summed E-state index contributed by atoms with van der Waals surface area (Å²) >= 11 is 3.41. The molecule has 1 N–H and O–H groups in total. The van der Waals surface area contributed by atoms with Gasteiger partial charge in [0.2, 0.25) is 5.75 Å². The van der Waals surface area contributed by atoms with Crippen molar-refractivity contribution in [2.75, 3.05) is 26.6 Å². The molecule has 0 saturated heterocycles. The van der Waals surface area contributed by atoms with Crippen LogP contribution in [0.15, 0.2) is 35.1 Å². The molecule has 1 aromatic heterocycles. The molecular formula is C15H17BrN2O3. The first-order valence-corrected chi connectivity index (χ1v) is 7.10. The Morgan fingerprint density at radius 2 is 1.67 bits per heavy atom. The molecule has 6 heteroatoms. The molecule has 1 heterocycles. The van der Waals surface area contributed by atoms with Gasteiger partial charge in [-0.15, -0.1) is 0 Å². The Morgan fingerprint density at radius 1 is 1.00 bits per heavy atom. The summed E-state index contributed by atoms with van der Waals surface area (Å²) in [7, 11) is 4.78. The summed E-state index contributed by atoms with van der Waals surface area (Å²) in [5.41, 5.74) is 1.95. The van der Waals surface area contributed by atoms with Crippen molar-refractivity contribution in [3.63, 3.8) is 0 Å². The van der Waals surface area contributed by atoms with Crippen LogP contribution in [-0.2, 0) is 6.54 Å². The first kappa shape index (κ1) is 15.4. The highest BCUT2D eigenvalue weighted by Gasteiger charge is 2.12. The minimum atomic E-state index is 0.578. The van der Waals surface area contributed by atoms with E-state index >= 15 is 0 Å². The Labute approximate surface area is 132 Å². The number of benzene rings is 1. The molecule has 0 aliphatic rings. The van der Waals surface area contributed by atoms with Crippen LogP contribution >= 0.6 is 15.9 Å². The highest BCUT2D eigenvalue weighted by Crippen LogP contribution is 2.39. The summed E-state index contributed by atoms with van der Waals surface area (Å²) in [5.74, 6) is 1.81. The zero-order chi connectivity index (χ0) is 15.2. The standard InChI is InChI=1S/C15H17BrN2O3/c1-19-13-5-12(6-14(20-2)15(13)21-3)18-8-10-4-11(16)9-17-7-10/h4-7,9,18H,8H2,1-3H3. The van der Waals surface area contributed by atoms with Crippen molar-refractivity contribution < 1.29 is 14.2 Å². The highest BCUT2D eigenvalue weighted by molar-refractivity contribution is 9.10. The number of nitrogens with zero attached hydrogens (tertiary/aromatic N) is 1. The molecule has 0 amide bonds. The predicted molar refractivity (Wildman–Crippen MR) is 85.4 cm³/mol. The average molecular weight is 353 g/mol. The maximum Gasteiger partial charge on any atom is 0.203 e. The summed E-state index contributed by atoms with van der Waals surface area (Å²) in [5, 5.41) is 3.31. The molecular weight excluding hydrogens is 336 g/mol. The van der Waals surface area contributed by atoms with Gasteiger partial charge >= 0.3 is 0 Å². The van der Waals surface area contributed by atoms with Crippen molar-refractivity contribution in [1.29, 1.82) is 0 Å². The molecule has 0 radical (unpaired) electrons. The second-order valence-corrected chi connectivity index (χ2v) is 5.19. The van der Waals surface area contributed by atoms with E-state index in [9.17, 15) is 0 Å². The lowest BCUT2D eigenvalue weighted by molar-refractivity contribution is 0.324. The van der Waals surface area contributed by atoms with Crippen LogP contribution in [0.5, 0.6) is 17.2 Å². The van der Waals surface area contributed by atoms with Crippen molar-refractivity contribution in [2.45, 2.75) is 6.54 Å². The van der Waals surface area contributed by atoms with Crippen LogP contribution in [0.1, 0.15) is 5.56 Å². The van der Waals surface area contributed by atoms with Crippen molar-refractivity contribution >= 4 is 21.6 Å². The lowest BCUT2D eigenvalue weighted by Gasteiger charge is -2.15. The number of aromatic nitrogens is 1. The number of nitrogens with one attached hydrogen (secondary N) is 1. The summed E-state index contributed by atoms with van der Waals surface area (Å²) in [6.45, 7) is 0.644. The Balaban J connectivity index is 2.20. The van der Waals surface area contributed by atoms with Gasteiger partial charge in [0.25, 0.3) is 0 Å². The van der Waals surface area contributed by atoms with E-state index in [1.165, 1.54) is 0 Å². The number of rotatable bonds is 6. The van der Waals surface area contributed by atoms with Crippen molar-refractivity contribution in [1.82, 2.24) is 4.98 Å². The van der Waals surface area contributed by atoms with Crippen LogP contribution in [0.2, 0.25) is 0 Å². The second-order valence-electron chi connectivity index (χ2n) is 4.28. The molecule has 0 atom stereocenters. The molecule has 1 aromatic carbocycles. The Hall–Kier alpha value is -1.95. The van der Waals surface area contributed by atoms with Crippen molar-refractivity contribution in [2.24, 2.45) is 0 Å². The van der Waals surface area contributed by atoms with Gasteiger partial charge < -0.3 is 19.5 Å². The summed E-state index contributed by atoms with van der Waals surface area (Å²) in [4.78, 5) is 4.14. The number of anilines is 1. The number of halogens is 1. The van der Waals surface area contributed by atoms with E-state index in [0.29, 0.717) is 23.8 Å². The van der Waals surface area contributed by atoms with Crippen LogP contribution in [-0.4, -0.2) is 26.3 Å². The van der Waals surface area contributed by atoms with Crippen LogP contribution in [0.3, 0.4) is 0 Å². The minimum absolute atomic E-state index is 0.578. The normalized spacial score (nSPS) is 10.1. The van der Waals surface area contributed by atoms with Gasteiger partial charge in [0.05, 0.1) is 21.3 Å². The topological polar surface area (TPSA) is 52.6 Å². The zero-order valence-electron chi connectivity index (χ0n) is 12.1. The quantitative estimate of drug-likeness (QED) is 0.862. The average Bonchev–Trinajstić information content (AvgIpc) is 2.51. The molecule has 0 fully saturated rings. The Morgan fingerprint density at radius 3 is 2.19 bits per heavy atom. The molecule has 21 heavy (non-hydrogen) atoms.